The molecule has 3 nitrogen and oxygen atoms in total. The summed E-state index contributed by atoms with van der Waals surface area (Å²) in [5, 5.41) is 0. The van der Waals surface area contributed by atoms with E-state index in [0.29, 0.717) is 0 Å². The van der Waals surface area contributed by atoms with Crippen molar-refractivity contribution in [2.24, 2.45) is 0 Å². The van der Waals surface area contributed by atoms with Crippen LogP contribution >= 0.6 is 0 Å². The Morgan fingerprint density at radius 2 is 1.50 bits per heavy atom. The van der Waals surface area contributed by atoms with Crippen LogP contribution in [0.2, 0.25) is 0 Å². The average Bonchev–Trinajstić information content (AvgIpc) is 2.49. The van der Waals surface area contributed by atoms with Crippen LogP contribution < -0.4 is 0 Å². The van der Waals surface area contributed by atoms with Gasteiger partial charge in [-0.3, -0.25) is 0 Å². The van der Waals surface area contributed by atoms with Gasteiger partial charge in [-0.25, -0.2) is 9.59 Å². The first-order valence-corrected chi connectivity index (χ1v) is 5.14. The highest BCUT2D eigenvalue weighted by Crippen LogP contribution is 2.35. The summed E-state index contributed by atoms with van der Waals surface area (Å²) in [5.74, 6) is -0.154. The van der Waals surface area contributed by atoms with Crippen molar-refractivity contribution >= 4 is 11.8 Å². The predicted molar refractivity (Wildman–Crippen MR) is 51.7 cm³/mol. The van der Waals surface area contributed by atoms with Gasteiger partial charge in [-0.1, -0.05) is 6.42 Å². The Labute approximate surface area is 84.0 Å². The van der Waals surface area contributed by atoms with Crippen LogP contribution in [-0.2, 0) is 9.59 Å². The first-order chi connectivity index (χ1) is 6.65. The van der Waals surface area contributed by atoms with Crippen LogP contribution in [0.3, 0.4) is 0 Å². The van der Waals surface area contributed by atoms with Gasteiger partial charge in [-0.05, 0) is 12.8 Å². The monoisotopic (exact) mass is 193 g/mol. The zero-order chi connectivity index (χ0) is 10.2. The number of likely N-dealkylation sites (N-methyl/N-ethyl adjacent to an activating group) is 1. The van der Waals surface area contributed by atoms with Crippen molar-refractivity contribution in [3.8, 4) is 0 Å². The third-order valence-corrected chi connectivity index (χ3v) is 3.31. The van der Waals surface area contributed by atoms with E-state index in [2.05, 4.69) is 0 Å². The van der Waals surface area contributed by atoms with Crippen molar-refractivity contribution in [3.05, 3.63) is 18.2 Å². The third kappa shape index (κ3) is 1.23. The maximum absolute atomic E-state index is 11.6. The Morgan fingerprint density at radius 3 is 2.00 bits per heavy atom. The maximum atomic E-state index is 11.6. The molecule has 0 N–H and O–H groups in total. The molecule has 2 aliphatic rings. The van der Waals surface area contributed by atoms with E-state index in [1.807, 2.05) is 0 Å². The van der Waals surface area contributed by atoms with Crippen LogP contribution in [0.4, 0.5) is 0 Å². The van der Waals surface area contributed by atoms with E-state index in [1.54, 1.807) is 7.05 Å². The summed E-state index contributed by atoms with van der Waals surface area (Å²) in [6.45, 7) is 0. The summed E-state index contributed by atoms with van der Waals surface area (Å²) < 4.78 is -0.0833. The molecular formula is C11H15NO2+. The quantitative estimate of drug-likeness (QED) is 0.467. The van der Waals surface area contributed by atoms with Crippen molar-refractivity contribution in [3.63, 3.8) is 0 Å². The lowest BCUT2D eigenvalue weighted by Gasteiger charge is -2.33. The summed E-state index contributed by atoms with van der Waals surface area (Å²) in [5.41, 5.74) is 0. The molecule has 0 spiro atoms. The lowest BCUT2D eigenvalue weighted by molar-refractivity contribution is -0.740. The zero-order valence-electron chi connectivity index (χ0n) is 8.45. The topological polar surface area (TPSA) is 34.1 Å². The number of carbonyl (C=O) groups is 2. The number of imide groups is 1. The molecule has 0 bridgehead atoms. The van der Waals surface area contributed by atoms with Gasteiger partial charge in [-0.2, -0.15) is 4.48 Å². The van der Waals surface area contributed by atoms with Crippen LogP contribution in [0, 0.1) is 6.04 Å². The second-order valence-corrected chi connectivity index (χ2v) is 4.14. The van der Waals surface area contributed by atoms with E-state index in [1.165, 1.54) is 18.6 Å². The molecule has 75 valence electrons. The first-order valence-electron chi connectivity index (χ1n) is 5.14. The molecule has 1 fully saturated rings. The molecule has 2 amide bonds. The van der Waals surface area contributed by atoms with Gasteiger partial charge in [-0.15, -0.1) is 0 Å². The highest BCUT2D eigenvalue weighted by atomic mass is 16.2. The molecular weight excluding hydrogens is 178 g/mol. The van der Waals surface area contributed by atoms with Crippen LogP contribution in [0.1, 0.15) is 32.1 Å². The molecule has 1 saturated carbocycles. The van der Waals surface area contributed by atoms with E-state index in [9.17, 15) is 9.59 Å². The molecule has 1 heterocycles. The zero-order valence-corrected chi connectivity index (χ0v) is 8.45. The maximum Gasteiger partial charge on any atom is 0.347 e. The number of quaternary nitrogens is 1. The van der Waals surface area contributed by atoms with Crippen LogP contribution in [0.15, 0.2) is 12.2 Å². The molecule has 3 heteroatoms. The Hall–Kier alpha value is -0.960. The Kier molecular flexibility index (Phi) is 2.27. The van der Waals surface area contributed by atoms with Crippen molar-refractivity contribution in [1.29, 1.82) is 0 Å². The number of carbonyl (C=O) groups excluding carboxylic acids is 2. The van der Waals surface area contributed by atoms with Crippen LogP contribution in [0.5, 0.6) is 0 Å². The minimum absolute atomic E-state index is 0.0769. The molecule has 0 unspecified atom stereocenters. The van der Waals surface area contributed by atoms with Gasteiger partial charge in [0.15, 0.2) is 6.04 Å². The number of hydrogen-bond acceptors (Lipinski definition) is 2. The molecule has 1 aliphatic heterocycles. The van der Waals surface area contributed by atoms with Gasteiger partial charge in [0, 0.05) is 12.8 Å². The number of nitrogens with zero attached hydrogens (tertiary/aromatic N) is 1. The van der Waals surface area contributed by atoms with E-state index in [4.69, 9.17) is 0 Å². The van der Waals surface area contributed by atoms with Crippen LogP contribution in [0.25, 0.3) is 0 Å². The summed E-state index contributed by atoms with van der Waals surface area (Å²) in [6, 6.07) is 1.09. The second kappa shape index (κ2) is 3.31. The molecule has 0 saturated heterocycles. The predicted octanol–water partition coefficient (Wildman–Crippen LogP) is 1.55. The fourth-order valence-electron chi connectivity index (χ4n) is 2.27. The lowest BCUT2D eigenvalue weighted by atomic mass is 9.93. The van der Waals surface area contributed by atoms with Crippen molar-refractivity contribution < 1.29 is 14.1 Å². The number of rotatable bonds is 1. The van der Waals surface area contributed by atoms with Crippen molar-refractivity contribution in [2.45, 2.75) is 32.1 Å². The normalized spacial score (nSPS) is 27.2. The van der Waals surface area contributed by atoms with Crippen LogP contribution in [-0.4, -0.2) is 23.3 Å². The molecule has 1 aliphatic carbocycles. The standard InChI is InChI=1S/C11H15NO2/c1-12(9-5-3-2-4-6-9)10(13)7-8-11(12)14/h7-8H,2-6H2,1H3/q+1. The average molecular weight is 193 g/mol. The summed E-state index contributed by atoms with van der Waals surface area (Å²) >= 11 is 0. The number of hydrogen-bond donors (Lipinski definition) is 0. The minimum atomic E-state index is -0.0833. The molecule has 0 aromatic heterocycles. The fourth-order valence-corrected chi connectivity index (χ4v) is 2.27. The fraction of sp³-hybridized carbons (Fsp3) is 0.545. The van der Waals surface area contributed by atoms with E-state index < -0.39 is 0 Å². The Bertz CT molecular complexity index is 282. The summed E-state index contributed by atoms with van der Waals surface area (Å²) in [4.78, 5) is 23.3. The molecule has 2 rings (SSSR count). The molecule has 14 heavy (non-hydrogen) atoms. The second-order valence-electron chi connectivity index (χ2n) is 4.14. The minimum Gasteiger partial charge on any atom is -0.226 e. The third-order valence-electron chi connectivity index (χ3n) is 3.31. The Balaban J connectivity index is 2.22. The lowest BCUT2D eigenvalue weighted by Crippen LogP contribution is -2.52. The highest BCUT2D eigenvalue weighted by molar-refractivity contribution is 6.04. The Morgan fingerprint density at radius 1 is 1.00 bits per heavy atom. The van der Waals surface area contributed by atoms with Gasteiger partial charge in [0.2, 0.25) is 0 Å². The molecule has 0 atom stereocenters. The largest absolute Gasteiger partial charge is 0.347 e. The van der Waals surface area contributed by atoms with E-state index >= 15 is 0 Å². The number of amides is 2. The summed E-state index contributed by atoms with van der Waals surface area (Å²) in [6.07, 6.45) is 8.12. The van der Waals surface area contributed by atoms with Crippen molar-refractivity contribution in [1.82, 2.24) is 0 Å². The van der Waals surface area contributed by atoms with Gasteiger partial charge < -0.3 is 0 Å². The molecule has 1 radical (unpaired) electrons. The van der Waals surface area contributed by atoms with E-state index in [-0.39, 0.29) is 16.3 Å². The summed E-state index contributed by atoms with van der Waals surface area (Å²) in [7, 11) is 1.73. The smallest absolute Gasteiger partial charge is 0.226 e. The SMILES string of the molecule is C[N+]1([C]2CCCCC2)C(=O)C=CC1=O. The van der Waals surface area contributed by atoms with E-state index in [0.717, 1.165) is 31.7 Å². The molecule has 0 aromatic carbocycles. The van der Waals surface area contributed by atoms with Gasteiger partial charge in [0.05, 0.1) is 19.2 Å². The van der Waals surface area contributed by atoms with Gasteiger partial charge in [0.1, 0.15) is 0 Å². The van der Waals surface area contributed by atoms with Crippen molar-refractivity contribution in [2.75, 3.05) is 7.05 Å². The first kappa shape index (κ1) is 9.59. The van der Waals surface area contributed by atoms with Gasteiger partial charge >= 0.3 is 11.8 Å². The van der Waals surface area contributed by atoms with Gasteiger partial charge in [0.25, 0.3) is 0 Å². The highest BCUT2D eigenvalue weighted by Gasteiger charge is 2.49. The molecule has 0 aromatic rings.